The van der Waals surface area contributed by atoms with Gasteiger partial charge in [-0.05, 0) is 38.8 Å². The number of carbonyl (C=O) groups excluding carboxylic acids is 2. The van der Waals surface area contributed by atoms with E-state index in [9.17, 15) is 14.0 Å². The lowest BCUT2D eigenvalue weighted by atomic mass is 9.88. The molecule has 2 aliphatic rings. The van der Waals surface area contributed by atoms with Crippen LogP contribution < -0.4 is 0 Å². The molecule has 2 aromatic rings. The fraction of sp³-hybridized carbons (Fsp3) is 0.458. The minimum Gasteiger partial charge on any atom is -0.447 e. The van der Waals surface area contributed by atoms with Crippen molar-refractivity contribution in [2.75, 3.05) is 19.7 Å². The predicted molar refractivity (Wildman–Crippen MR) is 119 cm³/mol. The van der Waals surface area contributed by atoms with Crippen LogP contribution in [0.25, 0.3) is 0 Å². The zero-order valence-corrected chi connectivity index (χ0v) is 19.2. The van der Waals surface area contributed by atoms with E-state index in [1.807, 2.05) is 30.3 Å². The maximum Gasteiger partial charge on any atom is 0.416 e. The molecule has 2 unspecified atom stereocenters. The summed E-state index contributed by atoms with van der Waals surface area (Å²) in [4.78, 5) is 33.4. The molecule has 1 aromatic heterocycles. The molecule has 0 bridgehead atoms. The van der Waals surface area contributed by atoms with E-state index in [0.29, 0.717) is 25.1 Å². The van der Waals surface area contributed by atoms with E-state index in [1.54, 1.807) is 6.07 Å². The number of imide groups is 1. The molecular formula is C24H27ClFN3O3. The normalized spacial score (nSPS) is 24.1. The van der Waals surface area contributed by atoms with E-state index in [4.69, 9.17) is 16.3 Å². The monoisotopic (exact) mass is 459 g/mol. The first-order valence-corrected chi connectivity index (χ1v) is 11.1. The van der Waals surface area contributed by atoms with Crippen molar-refractivity contribution in [3.8, 4) is 0 Å². The molecule has 0 saturated carbocycles. The third-order valence-electron chi connectivity index (χ3n) is 6.34. The van der Waals surface area contributed by atoms with Crippen molar-refractivity contribution in [1.82, 2.24) is 14.8 Å². The summed E-state index contributed by atoms with van der Waals surface area (Å²) >= 11 is 5.84. The number of amides is 2. The Morgan fingerprint density at radius 2 is 1.91 bits per heavy atom. The first-order valence-electron chi connectivity index (χ1n) is 10.8. The molecule has 1 aromatic carbocycles. The van der Waals surface area contributed by atoms with Crippen molar-refractivity contribution >= 4 is 23.6 Å². The molecular weight excluding hydrogens is 433 g/mol. The molecule has 2 amide bonds. The van der Waals surface area contributed by atoms with Crippen LogP contribution in [-0.4, -0.2) is 58.1 Å². The second-order valence-electron chi connectivity index (χ2n) is 9.43. The quantitative estimate of drug-likeness (QED) is 0.639. The Morgan fingerprint density at radius 1 is 1.19 bits per heavy atom. The second-order valence-corrected chi connectivity index (χ2v) is 9.82. The number of benzene rings is 1. The van der Waals surface area contributed by atoms with Crippen LogP contribution >= 0.6 is 11.6 Å². The van der Waals surface area contributed by atoms with Gasteiger partial charge in [0.1, 0.15) is 11.8 Å². The Morgan fingerprint density at radius 3 is 2.56 bits per heavy atom. The van der Waals surface area contributed by atoms with Gasteiger partial charge in [0.2, 0.25) is 11.9 Å². The molecule has 3 heterocycles. The van der Waals surface area contributed by atoms with Crippen LogP contribution in [0.4, 0.5) is 9.18 Å². The molecule has 2 aliphatic heterocycles. The summed E-state index contributed by atoms with van der Waals surface area (Å²) < 4.78 is 20.0. The number of cyclic esters (lactones) is 1. The first kappa shape index (κ1) is 22.7. The Hall–Kier alpha value is -2.51. The Bertz CT molecular complexity index is 1010. The molecule has 32 heavy (non-hydrogen) atoms. The Labute approximate surface area is 192 Å². The third kappa shape index (κ3) is 4.50. The highest BCUT2D eigenvalue weighted by atomic mass is 35.5. The Balaban J connectivity index is 1.64. The van der Waals surface area contributed by atoms with Crippen LogP contribution in [0.3, 0.4) is 0 Å². The molecule has 2 fully saturated rings. The summed E-state index contributed by atoms with van der Waals surface area (Å²) in [6.07, 6.45) is -0.131. The second kappa shape index (κ2) is 8.79. The number of carbonyl (C=O) groups is 2. The maximum absolute atomic E-state index is 14.8. The van der Waals surface area contributed by atoms with Crippen LogP contribution in [0.1, 0.15) is 37.8 Å². The first-order chi connectivity index (χ1) is 15.1. The summed E-state index contributed by atoms with van der Waals surface area (Å²) in [6.45, 7) is 7.20. The lowest BCUT2D eigenvalue weighted by Gasteiger charge is -2.32. The number of aromatic nitrogens is 1. The fourth-order valence-corrected chi connectivity index (χ4v) is 4.70. The minimum absolute atomic E-state index is 0.0610. The van der Waals surface area contributed by atoms with Gasteiger partial charge in [0.25, 0.3) is 0 Å². The Kier molecular flexibility index (Phi) is 6.23. The van der Waals surface area contributed by atoms with Gasteiger partial charge < -0.3 is 4.74 Å². The molecule has 3 atom stereocenters. The van der Waals surface area contributed by atoms with Crippen molar-refractivity contribution < 1.29 is 18.7 Å². The van der Waals surface area contributed by atoms with Gasteiger partial charge >= 0.3 is 6.09 Å². The summed E-state index contributed by atoms with van der Waals surface area (Å²) in [5.74, 6) is -2.06. The summed E-state index contributed by atoms with van der Waals surface area (Å²) in [5, 5.41) is 0.0610. The zero-order chi connectivity index (χ0) is 23.0. The lowest BCUT2D eigenvalue weighted by molar-refractivity contribution is -0.133. The van der Waals surface area contributed by atoms with E-state index < -0.39 is 29.9 Å². The lowest BCUT2D eigenvalue weighted by Crippen LogP contribution is -2.46. The van der Waals surface area contributed by atoms with Crippen LogP contribution in [0.2, 0.25) is 5.15 Å². The average molecular weight is 460 g/mol. The van der Waals surface area contributed by atoms with Crippen molar-refractivity contribution in [3.05, 3.63) is 64.7 Å². The number of ether oxygens (including phenoxy) is 1. The maximum atomic E-state index is 14.8. The fourth-order valence-electron chi connectivity index (χ4n) is 4.56. The van der Waals surface area contributed by atoms with Gasteiger partial charge in [-0.25, -0.2) is 14.7 Å². The molecule has 0 aliphatic carbocycles. The van der Waals surface area contributed by atoms with Crippen LogP contribution in [0.15, 0.2) is 42.5 Å². The average Bonchev–Trinajstić information content (AvgIpc) is 3.33. The van der Waals surface area contributed by atoms with Crippen LogP contribution in [-0.2, 0) is 16.0 Å². The molecule has 4 rings (SSSR count). The van der Waals surface area contributed by atoms with E-state index in [1.165, 1.54) is 11.0 Å². The molecule has 2 saturated heterocycles. The van der Waals surface area contributed by atoms with Crippen molar-refractivity contribution in [1.29, 1.82) is 0 Å². The van der Waals surface area contributed by atoms with E-state index in [-0.39, 0.29) is 23.2 Å². The van der Waals surface area contributed by atoms with Gasteiger partial charge in [-0.15, -0.1) is 0 Å². The number of rotatable bonds is 4. The highest BCUT2D eigenvalue weighted by Crippen LogP contribution is 2.39. The molecule has 8 heteroatoms. The van der Waals surface area contributed by atoms with Gasteiger partial charge in [0.05, 0.1) is 12.0 Å². The smallest absolute Gasteiger partial charge is 0.416 e. The van der Waals surface area contributed by atoms with Crippen molar-refractivity contribution in [2.45, 2.75) is 44.7 Å². The standard InChI is InChI=1S/C24H27ClFN3O3/c1-24(2,3)28-12-18(17-9-10-20(25)27-21(17)26)19(13-28)22(30)29-16(14-32-23(29)31)11-15-7-5-4-6-8-15/h4-10,16,18-19H,11-14H2,1-3H3/t16-,18?,19?/m0/s1. The molecule has 0 radical (unpaired) electrons. The number of pyridine rings is 1. The van der Waals surface area contributed by atoms with Crippen LogP contribution in [0, 0.1) is 11.9 Å². The van der Waals surface area contributed by atoms with E-state index in [0.717, 1.165) is 5.56 Å². The summed E-state index contributed by atoms with van der Waals surface area (Å²) in [5.41, 5.74) is 1.13. The highest BCUT2D eigenvalue weighted by molar-refractivity contribution is 6.29. The third-order valence-corrected chi connectivity index (χ3v) is 6.55. The number of nitrogens with zero attached hydrogens (tertiary/aromatic N) is 3. The number of hydrogen-bond donors (Lipinski definition) is 0. The van der Waals surface area contributed by atoms with Crippen molar-refractivity contribution in [2.24, 2.45) is 5.92 Å². The molecule has 0 spiro atoms. The van der Waals surface area contributed by atoms with Crippen LogP contribution in [0.5, 0.6) is 0 Å². The zero-order valence-electron chi connectivity index (χ0n) is 18.4. The molecule has 170 valence electrons. The van der Waals surface area contributed by atoms with Crippen molar-refractivity contribution in [3.63, 3.8) is 0 Å². The highest BCUT2D eigenvalue weighted by Gasteiger charge is 2.48. The van der Waals surface area contributed by atoms with E-state index in [2.05, 4.69) is 30.7 Å². The summed E-state index contributed by atoms with van der Waals surface area (Å²) in [6, 6.07) is 12.4. The molecule has 0 N–H and O–H groups in total. The van der Waals surface area contributed by atoms with Gasteiger partial charge in [0, 0.05) is 30.1 Å². The number of hydrogen-bond acceptors (Lipinski definition) is 5. The predicted octanol–water partition coefficient (Wildman–Crippen LogP) is 4.28. The molecule has 6 nitrogen and oxygen atoms in total. The van der Waals surface area contributed by atoms with Gasteiger partial charge in [-0.3, -0.25) is 9.69 Å². The topological polar surface area (TPSA) is 62.7 Å². The van der Waals surface area contributed by atoms with Gasteiger partial charge in [-0.1, -0.05) is 48.0 Å². The number of halogens is 2. The SMILES string of the molecule is CC(C)(C)N1CC(C(=O)N2C(=O)OC[C@@H]2Cc2ccccc2)C(c2ccc(Cl)nc2F)C1. The van der Waals surface area contributed by atoms with Gasteiger partial charge in [0.15, 0.2) is 0 Å². The summed E-state index contributed by atoms with van der Waals surface area (Å²) in [7, 11) is 0. The largest absolute Gasteiger partial charge is 0.447 e. The minimum atomic E-state index is -0.680. The van der Waals surface area contributed by atoms with Gasteiger partial charge in [-0.2, -0.15) is 4.39 Å². The van der Waals surface area contributed by atoms with E-state index >= 15 is 0 Å². The number of likely N-dealkylation sites (tertiary alicyclic amines) is 1.